The van der Waals surface area contributed by atoms with Gasteiger partial charge in [-0.3, -0.25) is 13.8 Å². The number of rotatable bonds is 45. The number of carbonyl (C=O) groups is 1. The molecule has 8 nitrogen and oxygen atoms in total. The van der Waals surface area contributed by atoms with E-state index < -0.39 is 20.0 Å². The number of phosphoric acid groups is 1. The molecule has 336 valence electrons. The summed E-state index contributed by atoms with van der Waals surface area (Å²) in [6, 6.07) is -0.879. The number of allylic oxidation sites excluding steroid dienone is 5. The second-order valence-corrected chi connectivity index (χ2v) is 17.8. The number of aliphatic hydroxyl groups is 1. The number of unbranched alkanes of at least 4 members (excludes halogenated alkanes) is 29. The van der Waals surface area contributed by atoms with E-state index in [1.165, 1.54) is 173 Å². The van der Waals surface area contributed by atoms with E-state index in [1.54, 1.807) is 6.08 Å². The zero-order valence-corrected chi connectivity index (χ0v) is 38.2. The van der Waals surface area contributed by atoms with Crippen LogP contribution >= 0.6 is 7.82 Å². The number of hydrogen-bond donors (Lipinski definition) is 4. The highest BCUT2D eigenvalue weighted by Crippen LogP contribution is 2.43. The Labute approximate surface area is 352 Å². The molecule has 0 bridgehead atoms. The minimum Gasteiger partial charge on any atom is -0.387 e. The number of hydrogen-bond acceptors (Lipinski definition) is 6. The molecule has 0 aromatic rings. The van der Waals surface area contributed by atoms with E-state index in [4.69, 9.17) is 14.8 Å². The molecule has 0 aromatic heterocycles. The van der Waals surface area contributed by atoms with Crippen LogP contribution in [0.25, 0.3) is 0 Å². The second kappa shape index (κ2) is 44.3. The predicted molar refractivity (Wildman–Crippen MR) is 244 cm³/mol. The average molecular weight is 825 g/mol. The first-order valence-electron chi connectivity index (χ1n) is 24.1. The van der Waals surface area contributed by atoms with Gasteiger partial charge in [-0.2, -0.15) is 0 Å². The van der Waals surface area contributed by atoms with Crippen LogP contribution in [0.2, 0.25) is 0 Å². The van der Waals surface area contributed by atoms with Crippen molar-refractivity contribution < 1.29 is 28.4 Å². The van der Waals surface area contributed by atoms with E-state index in [0.29, 0.717) is 6.42 Å². The zero-order valence-electron chi connectivity index (χ0n) is 37.3. The lowest BCUT2D eigenvalue weighted by atomic mass is 10.0. The maximum absolute atomic E-state index is 12.8. The van der Waals surface area contributed by atoms with Crippen molar-refractivity contribution in [2.75, 3.05) is 19.8 Å². The Morgan fingerprint density at radius 1 is 0.561 bits per heavy atom. The minimum atomic E-state index is -4.35. The number of nitrogens with two attached hydrogens (primary N) is 1. The van der Waals surface area contributed by atoms with Crippen LogP contribution in [0.3, 0.4) is 0 Å². The second-order valence-electron chi connectivity index (χ2n) is 16.3. The summed E-state index contributed by atoms with van der Waals surface area (Å²) in [5, 5.41) is 13.7. The van der Waals surface area contributed by atoms with Crippen LogP contribution in [0.5, 0.6) is 0 Å². The van der Waals surface area contributed by atoms with Gasteiger partial charge in [0, 0.05) is 13.0 Å². The van der Waals surface area contributed by atoms with Gasteiger partial charge in [-0.25, -0.2) is 4.57 Å². The lowest BCUT2D eigenvalue weighted by Crippen LogP contribution is -2.45. The molecular weight excluding hydrogens is 732 g/mol. The molecule has 0 aliphatic rings. The molecule has 3 unspecified atom stereocenters. The first-order chi connectivity index (χ1) is 27.9. The molecule has 0 heterocycles. The number of phosphoric ester groups is 1. The van der Waals surface area contributed by atoms with Crippen LogP contribution in [-0.4, -0.2) is 47.8 Å². The Balaban J connectivity index is 4.19. The van der Waals surface area contributed by atoms with Crippen molar-refractivity contribution in [1.82, 2.24) is 5.32 Å². The predicted octanol–water partition coefficient (Wildman–Crippen LogP) is 13.9. The van der Waals surface area contributed by atoms with E-state index in [9.17, 15) is 19.4 Å². The highest BCUT2D eigenvalue weighted by molar-refractivity contribution is 7.47. The molecule has 0 rings (SSSR count). The quantitative estimate of drug-likeness (QED) is 0.0273. The smallest absolute Gasteiger partial charge is 0.387 e. The van der Waals surface area contributed by atoms with Crippen LogP contribution < -0.4 is 11.1 Å². The summed E-state index contributed by atoms with van der Waals surface area (Å²) >= 11 is 0. The highest BCUT2D eigenvalue weighted by Gasteiger charge is 2.26. The monoisotopic (exact) mass is 825 g/mol. The summed E-state index contributed by atoms with van der Waals surface area (Å²) in [4.78, 5) is 22.7. The van der Waals surface area contributed by atoms with Gasteiger partial charge in [0.05, 0.1) is 25.4 Å². The van der Waals surface area contributed by atoms with Crippen LogP contribution in [0, 0.1) is 0 Å². The summed E-state index contributed by atoms with van der Waals surface area (Å²) < 4.78 is 22.2. The topological polar surface area (TPSA) is 131 Å². The zero-order chi connectivity index (χ0) is 41.8. The summed E-state index contributed by atoms with van der Waals surface area (Å²) in [7, 11) is -4.35. The summed E-state index contributed by atoms with van der Waals surface area (Å²) in [6.45, 7) is 4.13. The molecule has 0 radical (unpaired) electrons. The van der Waals surface area contributed by atoms with Crippen molar-refractivity contribution in [2.45, 2.75) is 244 Å². The largest absolute Gasteiger partial charge is 0.472 e. The third-order valence-electron chi connectivity index (χ3n) is 10.7. The summed E-state index contributed by atoms with van der Waals surface area (Å²) in [5.74, 6) is -0.207. The molecule has 0 aliphatic heterocycles. The number of nitrogens with one attached hydrogen (secondary N) is 1. The molecular formula is C48H93N2O6P. The van der Waals surface area contributed by atoms with Gasteiger partial charge in [-0.05, 0) is 57.8 Å². The molecule has 0 aliphatic carbocycles. The SMILES string of the molecule is CCCCCCCC/C=C\CCCCCCCCCC(=O)NC(COP(=O)(O)OCCN)C(O)/C=C/CC/C=C/CCCCCCCCCCCCCCCCC. The van der Waals surface area contributed by atoms with Gasteiger partial charge in [-0.1, -0.05) is 204 Å². The Morgan fingerprint density at radius 3 is 1.35 bits per heavy atom. The van der Waals surface area contributed by atoms with Gasteiger partial charge in [-0.15, -0.1) is 0 Å². The number of carbonyl (C=O) groups excluding carboxylic acids is 1. The average Bonchev–Trinajstić information content (AvgIpc) is 3.20. The van der Waals surface area contributed by atoms with Gasteiger partial charge >= 0.3 is 7.82 Å². The molecule has 3 atom stereocenters. The lowest BCUT2D eigenvalue weighted by Gasteiger charge is -2.23. The van der Waals surface area contributed by atoms with E-state index in [0.717, 1.165) is 38.5 Å². The van der Waals surface area contributed by atoms with E-state index in [-0.39, 0.29) is 25.7 Å². The number of amides is 1. The summed E-state index contributed by atoms with van der Waals surface area (Å²) in [5.41, 5.74) is 5.38. The Morgan fingerprint density at radius 2 is 0.930 bits per heavy atom. The highest BCUT2D eigenvalue weighted by atomic mass is 31.2. The van der Waals surface area contributed by atoms with Crippen molar-refractivity contribution in [3.8, 4) is 0 Å². The third-order valence-corrected chi connectivity index (χ3v) is 11.7. The lowest BCUT2D eigenvalue weighted by molar-refractivity contribution is -0.123. The molecule has 9 heteroatoms. The first kappa shape index (κ1) is 55.7. The third kappa shape index (κ3) is 42.6. The molecule has 0 aromatic carbocycles. The van der Waals surface area contributed by atoms with Gasteiger partial charge in [0.15, 0.2) is 0 Å². The Kier molecular flexibility index (Phi) is 43.3. The summed E-state index contributed by atoms with van der Waals surface area (Å²) in [6.07, 6.45) is 53.5. The van der Waals surface area contributed by atoms with E-state index in [1.807, 2.05) is 6.08 Å². The maximum atomic E-state index is 12.8. The maximum Gasteiger partial charge on any atom is 0.472 e. The number of aliphatic hydroxyl groups excluding tert-OH is 1. The standard InChI is InChI=1S/C48H93N2O6P/c1-3-5-7-9-11-13-15-17-19-21-22-23-24-26-27-29-31-33-35-37-39-41-47(51)46(45-56-57(53,54)55-44-43-49)50-48(52)42-40-38-36-34-32-30-28-25-20-18-16-14-12-10-8-6-4-2/h18,20,31,33,39,41,46-47,51H,3-17,19,21-30,32,34-38,40,42-45,49H2,1-2H3,(H,50,52)(H,53,54)/b20-18-,33-31+,41-39+. The van der Waals surface area contributed by atoms with E-state index in [2.05, 4.69) is 43.5 Å². The molecule has 0 saturated heterocycles. The Hall–Kier alpha value is -1.28. The van der Waals surface area contributed by atoms with Gasteiger partial charge < -0.3 is 21.1 Å². The van der Waals surface area contributed by atoms with Crippen molar-refractivity contribution in [3.63, 3.8) is 0 Å². The van der Waals surface area contributed by atoms with Gasteiger partial charge in [0.25, 0.3) is 0 Å². The first-order valence-corrected chi connectivity index (χ1v) is 25.6. The molecule has 0 fully saturated rings. The van der Waals surface area contributed by atoms with Crippen LogP contribution in [0.4, 0.5) is 0 Å². The van der Waals surface area contributed by atoms with E-state index >= 15 is 0 Å². The Bertz CT molecular complexity index is 990. The van der Waals surface area contributed by atoms with Crippen molar-refractivity contribution in [2.24, 2.45) is 5.73 Å². The van der Waals surface area contributed by atoms with Gasteiger partial charge in [0.2, 0.25) is 5.91 Å². The fourth-order valence-corrected chi connectivity index (χ4v) is 7.79. The molecule has 5 N–H and O–H groups in total. The molecule has 57 heavy (non-hydrogen) atoms. The van der Waals surface area contributed by atoms with Crippen LogP contribution in [0.1, 0.15) is 232 Å². The fourth-order valence-electron chi connectivity index (χ4n) is 7.03. The van der Waals surface area contributed by atoms with Crippen molar-refractivity contribution in [1.29, 1.82) is 0 Å². The van der Waals surface area contributed by atoms with Crippen LogP contribution in [-0.2, 0) is 18.4 Å². The molecule has 0 saturated carbocycles. The molecule has 1 amide bonds. The minimum absolute atomic E-state index is 0.0735. The van der Waals surface area contributed by atoms with Gasteiger partial charge in [0.1, 0.15) is 0 Å². The normalized spacial score (nSPS) is 14.3. The fraction of sp³-hybridized carbons (Fsp3) is 0.854. The van der Waals surface area contributed by atoms with Crippen molar-refractivity contribution >= 4 is 13.7 Å². The van der Waals surface area contributed by atoms with Crippen molar-refractivity contribution in [3.05, 3.63) is 36.5 Å². The van der Waals surface area contributed by atoms with Crippen LogP contribution in [0.15, 0.2) is 36.5 Å². The molecule has 0 spiro atoms.